The molecule has 3 nitrogen and oxygen atoms in total. The molecule has 0 radical (unpaired) electrons. The number of benzene rings is 1. The third-order valence-corrected chi connectivity index (χ3v) is 6.94. The van der Waals surface area contributed by atoms with E-state index >= 15 is 0 Å². The van der Waals surface area contributed by atoms with Crippen LogP contribution in [-0.4, -0.2) is 22.5 Å². The van der Waals surface area contributed by atoms with Gasteiger partial charge in [-0.05, 0) is 73.4 Å². The van der Waals surface area contributed by atoms with Gasteiger partial charge in [0.1, 0.15) is 0 Å². The van der Waals surface area contributed by atoms with Crippen molar-refractivity contribution in [1.82, 2.24) is 4.98 Å². The monoisotopic (exact) mass is 399 g/mol. The smallest absolute Gasteiger partial charge is 0.161 e. The number of nitrogens with zero attached hydrogens (tertiary/aromatic N) is 2. The third kappa shape index (κ3) is 3.83. The summed E-state index contributed by atoms with van der Waals surface area (Å²) < 4.78 is 27.3. The summed E-state index contributed by atoms with van der Waals surface area (Å²) in [5.41, 5.74) is 8.32. The first-order valence-electron chi connectivity index (χ1n) is 9.45. The predicted molar refractivity (Wildman–Crippen MR) is 110 cm³/mol. The van der Waals surface area contributed by atoms with E-state index in [1.54, 1.807) is 19.2 Å². The molecule has 6 heteroatoms. The van der Waals surface area contributed by atoms with Gasteiger partial charge >= 0.3 is 0 Å². The second-order valence-electron chi connectivity index (χ2n) is 7.71. The molecule has 1 aromatic carbocycles. The van der Waals surface area contributed by atoms with Crippen molar-refractivity contribution in [2.75, 3.05) is 0 Å². The summed E-state index contributed by atoms with van der Waals surface area (Å²) in [6, 6.07) is 5.19. The number of allylic oxidation sites excluding steroid dienone is 1. The standard InChI is InChI=1S/C22H23F2N3S/c1-12-3-16(11-26-9-12)28-21-7-20(17-6-18(17)21)27-10-15(8-25)14-4-13(2)22(24)19(23)5-14/h3-5,8-11,17-18,20-21H,6-7,25H2,1-2H3/b15-8+,27-10?. The molecule has 1 aromatic heterocycles. The van der Waals surface area contributed by atoms with Crippen LogP contribution in [0.5, 0.6) is 0 Å². The van der Waals surface area contributed by atoms with E-state index in [1.165, 1.54) is 29.1 Å². The van der Waals surface area contributed by atoms with E-state index in [9.17, 15) is 8.78 Å². The van der Waals surface area contributed by atoms with E-state index < -0.39 is 11.6 Å². The average molecular weight is 400 g/mol. The molecular formula is C22H23F2N3S. The molecule has 2 aromatic rings. The van der Waals surface area contributed by atoms with Crippen molar-refractivity contribution in [3.8, 4) is 0 Å². The van der Waals surface area contributed by atoms with Crippen LogP contribution in [0.15, 0.2) is 46.7 Å². The number of fused-ring (bicyclic) bond motifs is 1. The topological polar surface area (TPSA) is 51.3 Å². The molecule has 2 aliphatic carbocycles. The molecule has 1 heterocycles. The Morgan fingerprint density at radius 1 is 1.18 bits per heavy atom. The number of nitrogens with two attached hydrogens (primary N) is 1. The zero-order valence-electron chi connectivity index (χ0n) is 15.9. The Bertz CT molecular complexity index is 934. The normalized spacial score (nSPS) is 26.6. The number of hydrogen-bond acceptors (Lipinski definition) is 4. The van der Waals surface area contributed by atoms with Crippen molar-refractivity contribution in [2.45, 2.75) is 42.9 Å². The quantitative estimate of drug-likeness (QED) is 0.727. The van der Waals surface area contributed by atoms with Crippen LogP contribution in [0.25, 0.3) is 5.57 Å². The maximum atomic E-state index is 13.7. The van der Waals surface area contributed by atoms with Gasteiger partial charge in [-0.1, -0.05) is 0 Å². The molecule has 2 saturated carbocycles. The number of pyridine rings is 1. The maximum absolute atomic E-state index is 13.7. The summed E-state index contributed by atoms with van der Waals surface area (Å²) in [6.07, 6.45) is 9.12. The van der Waals surface area contributed by atoms with E-state index in [-0.39, 0.29) is 11.6 Å². The van der Waals surface area contributed by atoms with Crippen molar-refractivity contribution in [2.24, 2.45) is 22.6 Å². The molecule has 4 unspecified atom stereocenters. The average Bonchev–Trinajstić information content (AvgIpc) is 3.39. The number of thioether (sulfide) groups is 1. The Labute approximate surface area is 168 Å². The van der Waals surface area contributed by atoms with Gasteiger partial charge in [0.25, 0.3) is 0 Å². The molecule has 2 aliphatic rings. The minimum absolute atomic E-state index is 0.251. The number of aryl methyl sites for hydroxylation is 2. The van der Waals surface area contributed by atoms with Gasteiger partial charge in [0, 0.05) is 40.5 Å². The second-order valence-corrected chi connectivity index (χ2v) is 9.02. The maximum Gasteiger partial charge on any atom is 0.161 e. The lowest BCUT2D eigenvalue weighted by Crippen LogP contribution is -2.09. The van der Waals surface area contributed by atoms with E-state index in [2.05, 4.69) is 18.0 Å². The highest BCUT2D eigenvalue weighted by atomic mass is 32.2. The summed E-state index contributed by atoms with van der Waals surface area (Å²) in [5, 5.41) is 0.548. The van der Waals surface area contributed by atoms with E-state index in [4.69, 9.17) is 10.7 Å². The molecule has 0 aliphatic heterocycles. The summed E-state index contributed by atoms with van der Waals surface area (Å²) in [4.78, 5) is 10.3. The number of aromatic nitrogens is 1. The van der Waals surface area contributed by atoms with Crippen LogP contribution in [0.4, 0.5) is 8.78 Å². The second kappa shape index (κ2) is 7.66. The Morgan fingerprint density at radius 2 is 2.00 bits per heavy atom. The molecule has 2 N–H and O–H groups in total. The van der Waals surface area contributed by atoms with Crippen molar-refractivity contribution in [3.05, 3.63) is 65.1 Å². The van der Waals surface area contributed by atoms with Crippen LogP contribution < -0.4 is 5.73 Å². The fourth-order valence-corrected chi connectivity index (χ4v) is 5.56. The summed E-state index contributed by atoms with van der Waals surface area (Å²) in [6.45, 7) is 3.60. The SMILES string of the molecule is Cc1cncc(SC2CC(N=C/C(=C\N)c3cc(C)c(F)c(F)c3)C3CC23)c1. The largest absolute Gasteiger partial charge is 0.404 e. The van der Waals surface area contributed by atoms with Crippen LogP contribution in [0.1, 0.15) is 29.5 Å². The molecule has 4 rings (SSSR count). The minimum atomic E-state index is -0.867. The van der Waals surface area contributed by atoms with E-state index in [0.29, 0.717) is 28.2 Å². The Hall–Kier alpha value is -2.21. The zero-order chi connectivity index (χ0) is 19.8. The Kier molecular flexibility index (Phi) is 5.23. The molecule has 0 amide bonds. The molecule has 2 fully saturated rings. The lowest BCUT2D eigenvalue weighted by molar-refractivity contribution is 0.503. The molecule has 0 spiro atoms. The fourth-order valence-electron chi connectivity index (χ4n) is 4.05. The van der Waals surface area contributed by atoms with E-state index in [1.807, 2.05) is 24.2 Å². The van der Waals surface area contributed by atoms with Gasteiger partial charge < -0.3 is 5.73 Å². The van der Waals surface area contributed by atoms with Gasteiger partial charge in [0.2, 0.25) is 0 Å². The highest BCUT2D eigenvalue weighted by molar-refractivity contribution is 8.00. The van der Waals surface area contributed by atoms with Crippen molar-refractivity contribution >= 4 is 23.5 Å². The lowest BCUT2D eigenvalue weighted by atomic mass is 10.0. The van der Waals surface area contributed by atoms with Crippen LogP contribution in [0.3, 0.4) is 0 Å². The van der Waals surface area contributed by atoms with Gasteiger partial charge in [0.05, 0.1) is 6.04 Å². The molecule has 4 atom stereocenters. The molecule has 28 heavy (non-hydrogen) atoms. The van der Waals surface area contributed by atoms with Crippen LogP contribution in [0.2, 0.25) is 0 Å². The minimum Gasteiger partial charge on any atom is -0.404 e. The number of aliphatic imine (C=N–C) groups is 1. The summed E-state index contributed by atoms with van der Waals surface area (Å²) in [5.74, 6) is -0.381. The third-order valence-electron chi connectivity index (χ3n) is 5.60. The van der Waals surface area contributed by atoms with Crippen LogP contribution in [0, 0.1) is 37.3 Å². The van der Waals surface area contributed by atoms with Gasteiger partial charge in [-0.15, -0.1) is 11.8 Å². The molecular weight excluding hydrogens is 376 g/mol. The molecule has 146 valence electrons. The first-order valence-corrected chi connectivity index (χ1v) is 10.3. The Balaban J connectivity index is 1.45. The van der Waals surface area contributed by atoms with Crippen LogP contribution in [-0.2, 0) is 0 Å². The van der Waals surface area contributed by atoms with Gasteiger partial charge in [-0.25, -0.2) is 8.78 Å². The summed E-state index contributed by atoms with van der Waals surface area (Å²) in [7, 11) is 0. The number of hydrogen-bond donors (Lipinski definition) is 1. The lowest BCUT2D eigenvalue weighted by Gasteiger charge is -2.14. The van der Waals surface area contributed by atoms with E-state index in [0.717, 1.165) is 6.42 Å². The van der Waals surface area contributed by atoms with Crippen molar-refractivity contribution in [1.29, 1.82) is 0 Å². The number of rotatable bonds is 5. The first kappa shape index (κ1) is 19.1. The fraction of sp³-hybridized carbons (Fsp3) is 0.364. The first-order chi connectivity index (χ1) is 13.5. The highest BCUT2D eigenvalue weighted by Gasteiger charge is 2.54. The molecule has 0 bridgehead atoms. The van der Waals surface area contributed by atoms with Crippen molar-refractivity contribution < 1.29 is 8.78 Å². The number of halogens is 2. The molecule has 0 saturated heterocycles. The van der Waals surface area contributed by atoms with Crippen LogP contribution >= 0.6 is 11.8 Å². The predicted octanol–water partition coefficient (Wildman–Crippen LogP) is 4.92. The van der Waals surface area contributed by atoms with Gasteiger partial charge in [-0.3, -0.25) is 9.98 Å². The summed E-state index contributed by atoms with van der Waals surface area (Å²) >= 11 is 1.89. The zero-order valence-corrected chi connectivity index (χ0v) is 16.7. The van der Waals surface area contributed by atoms with Crippen molar-refractivity contribution in [3.63, 3.8) is 0 Å². The van der Waals surface area contributed by atoms with Gasteiger partial charge in [-0.2, -0.15) is 0 Å². The highest BCUT2D eigenvalue weighted by Crippen LogP contribution is 2.58. The van der Waals surface area contributed by atoms with Gasteiger partial charge in [0.15, 0.2) is 11.6 Å². The Morgan fingerprint density at radius 3 is 2.71 bits per heavy atom.